The molecule has 0 N–H and O–H groups in total. The topological polar surface area (TPSA) is 44.2 Å². The summed E-state index contributed by atoms with van der Waals surface area (Å²) < 4.78 is 11.2. The molecule has 2 aromatic rings. The first-order valence-corrected chi connectivity index (χ1v) is 5.15. The normalized spacial score (nSPS) is 9.62. The molecule has 1 radical (unpaired) electrons. The SMILES string of the molecule is COc1cc2ncnc([Se])c2cc1OC.[H-].[Na+]. The van der Waals surface area contributed by atoms with E-state index < -0.39 is 0 Å². The Balaban J connectivity index is 0.00000128. The molecule has 0 bridgehead atoms. The van der Waals surface area contributed by atoms with E-state index in [-0.39, 0.29) is 31.0 Å². The largest absolute Gasteiger partial charge is 1.00 e. The van der Waals surface area contributed by atoms with E-state index in [0.29, 0.717) is 11.5 Å². The Labute approximate surface area is 125 Å². The third-order valence-electron chi connectivity index (χ3n) is 2.10. The van der Waals surface area contributed by atoms with Crippen LogP contribution in [0.3, 0.4) is 0 Å². The van der Waals surface area contributed by atoms with Crippen LogP contribution in [0.4, 0.5) is 0 Å². The van der Waals surface area contributed by atoms with E-state index >= 15 is 0 Å². The molecule has 0 saturated heterocycles. The first-order valence-electron chi connectivity index (χ1n) is 4.30. The fourth-order valence-electron chi connectivity index (χ4n) is 1.36. The van der Waals surface area contributed by atoms with Gasteiger partial charge in [-0.2, -0.15) is 0 Å². The van der Waals surface area contributed by atoms with E-state index in [1.807, 2.05) is 12.1 Å². The summed E-state index contributed by atoms with van der Waals surface area (Å²) in [4.78, 5) is 8.23. The van der Waals surface area contributed by atoms with Crippen LogP contribution in [0.15, 0.2) is 18.5 Å². The van der Waals surface area contributed by atoms with Crippen molar-refractivity contribution in [2.24, 2.45) is 0 Å². The molecule has 0 atom stereocenters. The van der Waals surface area contributed by atoms with Gasteiger partial charge in [-0.15, -0.1) is 0 Å². The van der Waals surface area contributed by atoms with Gasteiger partial charge in [0.2, 0.25) is 0 Å². The summed E-state index contributed by atoms with van der Waals surface area (Å²) in [7, 11) is 3.20. The molecule has 1 heterocycles. The van der Waals surface area contributed by atoms with Crippen molar-refractivity contribution in [3.63, 3.8) is 0 Å². The van der Waals surface area contributed by atoms with Gasteiger partial charge in [0.25, 0.3) is 0 Å². The van der Waals surface area contributed by atoms with E-state index in [1.54, 1.807) is 14.2 Å². The summed E-state index contributed by atoms with van der Waals surface area (Å²) in [5.41, 5.74) is 0.830. The molecule has 6 heteroatoms. The maximum absolute atomic E-state index is 5.20. The van der Waals surface area contributed by atoms with Crippen LogP contribution in [0.2, 0.25) is 0 Å². The molecule has 0 aliphatic rings. The minimum absolute atomic E-state index is 0. The molecule has 0 spiro atoms. The van der Waals surface area contributed by atoms with Crippen LogP contribution in [-0.2, 0) is 0 Å². The standard InChI is InChI=1S/C10H9N2O2Se.Na.H/c1-13-8-3-6-7(4-9(8)14-2)11-5-12-10(6)15;;/h3-5H,1-2H3;;/q;+1;-1. The molecule has 16 heavy (non-hydrogen) atoms. The molecule has 0 aliphatic carbocycles. The zero-order valence-corrected chi connectivity index (χ0v) is 13.1. The average Bonchev–Trinajstić information content (AvgIpc) is 2.28. The Bertz CT molecular complexity index is 513. The fraction of sp³-hybridized carbons (Fsp3) is 0.200. The third-order valence-corrected chi connectivity index (χ3v) is 2.79. The van der Waals surface area contributed by atoms with Gasteiger partial charge in [0, 0.05) is 0 Å². The van der Waals surface area contributed by atoms with Gasteiger partial charge in [0.15, 0.2) is 0 Å². The quantitative estimate of drug-likeness (QED) is 0.577. The van der Waals surface area contributed by atoms with Gasteiger partial charge in [-0.1, -0.05) is 0 Å². The number of hydrogen-bond acceptors (Lipinski definition) is 4. The van der Waals surface area contributed by atoms with Gasteiger partial charge in [0.05, 0.1) is 0 Å². The van der Waals surface area contributed by atoms with Crippen molar-refractivity contribution in [3.8, 4) is 11.5 Å². The van der Waals surface area contributed by atoms with Gasteiger partial charge in [-0.05, 0) is 0 Å². The third kappa shape index (κ3) is 2.50. The van der Waals surface area contributed by atoms with Gasteiger partial charge in [-0.25, -0.2) is 0 Å². The first-order chi connectivity index (χ1) is 7.26. The molecule has 0 saturated carbocycles. The monoisotopic (exact) mass is 293 g/mol. The number of benzene rings is 1. The molecule has 4 nitrogen and oxygen atoms in total. The van der Waals surface area contributed by atoms with Crippen LogP contribution < -0.4 is 43.6 Å². The summed E-state index contributed by atoms with van der Waals surface area (Å²) >= 11 is 2.89. The predicted molar refractivity (Wildman–Crippen MR) is 59.1 cm³/mol. The van der Waals surface area contributed by atoms with Crippen LogP contribution in [0.5, 0.6) is 11.5 Å². The summed E-state index contributed by atoms with van der Waals surface area (Å²) in [6.45, 7) is 0. The van der Waals surface area contributed by atoms with Crippen molar-refractivity contribution in [2.45, 2.75) is 0 Å². The average molecular weight is 292 g/mol. The molecule has 1 aromatic heterocycles. The zero-order chi connectivity index (χ0) is 10.8. The Hall–Kier alpha value is -0.321. The smallest absolute Gasteiger partial charge is 1.00 e. The van der Waals surface area contributed by atoms with Crippen molar-refractivity contribution in [3.05, 3.63) is 18.5 Å². The number of methoxy groups -OCH3 is 2. The minimum Gasteiger partial charge on any atom is -1.00 e. The second-order valence-electron chi connectivity index (χ2n) is 2.90. The number of rotatable bonds is 2. The number of nitrogens with zero attached hydrogens (tertiary/aromatic N) is 2. The maximum atomic E-state index is 5.20. The van der Waals surface area contributed by atoms with Gasteiger partial charge < -0.3 is 1.43 Å². The van der Waals surface area contributed by atoms with Crippen molar-refractivity contribution >= 4 is 31.5 Å². The fourth-order valence-corrected chi connectivity index (χ4v) is 1.80. The van der Waals surface area contributed by atoms with Crippen LogP contribution in [0.25, 0.3) is 10.9 Å². The van der Waals surface area contributed by atoms with Crippen LogP contribution >= 0.6 is 0 Å². The van der Waals surface area contributed by atoms with Crippen molar-refractivity contribution < 1.29 is 40.5 Å². The number of ether oxygens (including phenoxy) is 2. The second-order valence-corrected chi connectivity index (χ2v) is 3.71. The molecular formula is C10H10N2NaO2Se. The molecule has 79 valence electrons. The van der Waals surface area contributed by atoms with Crippen LogP contribution in [-0.4, -0.2) is 40.2 Å². The molecule has 0 fully saturated rings. The van der Waals surface area contributed by atoms with Crippen molar-refractivity contribution in [1.29, 1.82) is 0 Å². The van der Waals surface area contributed by atoms with E-state index in [1.165, 1.54) is 6.33 Å². The van der Waals surface area contributed by atoms with Gasteiger partial charge in [0.1, 0.15) is 0 Å². The van der Waals surface area contributed by atoms with Crippen LogP contribution in [0, 0.1) is 0 Å². The first kappa shape index (κ1) is 13.7. The molecule has 0 amide bonds. The van der Waals surface area contributed by atoms with E-state index in [9.17, 15) is 0 Å². The number of hydrogen-bond donors (Lipinski definition) is 0. The summed E-state index contributed by atoms with van der Waals surface area (Å²) in [6.07, 6.45) is 1.51. The van der Waals surface area contributed by atoms with E-state index in [2.05, 4.69) is 26.0 Å². The second kappa shape index (κ2) is 5.84. The number of aromatic nitrogens is 2. The maximum Gasteiger partial charge on any atom is 1.00 e. The Morgan fingerprint density at radius 3 is 2.38 bits per heavy atom. The Morgan fingerprint density at radius 1 is 1.12 bits per heavy atom. The Morgan fingerprint density at radius 2 is 1.75 bits per heavy atom. The minimum atomic E-state index is 0. The van der Waals surface area contributed by atoms with Gasteiger partial charge >= 0.3 is 125 Å². The van der Waals surface area contributed by atoms with Crippen molar-refractivity contribution in [2.75, 3.05) is 14.2 Å². The molecular weight excluding hydrogens is 282 g/mol. The van der Waals surface area contributed by atoms with Crippen LogP contribution in [0.1, 0.15) is 1.43 Å². The Kier molecular flexibility index (Phi) is 5.02. The van der Waals surface area contributed by atoms with E-state index in [4.69, 9.17) is 9.47 Å². The molecule has 0 aliphatic heterocycles. The molecule has 1 aromatic carbocycles. The number of fused-ring (bicyclic) bond motifs is 1. The van der Waals surface area contributed by atoms with Gasteiger partial charge in [-0.3, -0.25) is 0 Å². The van der Waals surface area contributed by atoms with E-state index in [0.717, 1.165) is 15.5 Å². The van der Waals surface area contributed by atoms with Crippen molar-refractivity contribution in [1.82, 2.24) is 9.97 Å². The molecule has 0 unspecified atom stereocenters. The molecule has 2 rings (SSSR count). The predicted octanol–water partition coefficient (Wildman–Crippen LogP) is -2.44. The summed E-state index contributed by atoms with van der Waals surface area (Å²) in [5.74, 6) is 1.35. The summed E-state index contributed by atoms with van der Waals surface area (Å²) in [5, 5.41) is 0.926. The zero-order valence-electron chi connectivity index (χ0n) is 10.4. The summed E-state index contributed by atoms with van der Waals surface area (Å²) in [6, 6.07) is 3.69.